The third-order valence-electron chi connectivity index (χ3n) is 3.41. The van der Waals surface area contributed by atoms with Gasteiger partial charge in [-0.05, 0) is 42.5 Å². The van der Waals surface area contributed by atoms with Crippen molar-refractivity contribution in [1.82, 2.24) is 10.6 Å². The maximum atomic E-state index is 12.6. The first-order valence-corrected chi connectivity index (χ1v) is 9.95. The summed E-state index contributed by atoms with van der Waals surface area (Å²) in [6.45, 7) is 0. The van der Waals surface area contributed by atoms with Crippen molar-refractivity contribution >= 4 is 86.9 Å². The summed E-state index contributed by atoms with van der Waals surface area (Å²) in [6.07, 6.45) is -1.15. The number of carbonyl (C=O) groups is 1. The molecule has 11 heteroatoms. The molecule has 0 spiro atoms. The Kier molecular flexibility index (Phi) is 8.30. The first kappa shape index (κ1) is 23.1. The van der Waals surface area contributed by atoms with Gasteiger partial charge in [-0.1, -0.05) is 70.1 Å². The predicted octanol–water partition coefficient (Wildman–Crippen LogP) is 5.41. The van der Waals surface area contributed by atoms with Crippen LogP contribution in [-0.2, 0) is 0 Å². The van der Waals surface area contributed by atoms with E-state index in [1.807, 2.05) is 0 Å². The van der Waals surface area contributed by atoms with E-state index in [0.717, 1.165) is 0 Å². The number of hydrogen-bond donors (Lipinski definition) is 3. The molecule has 5 nitrogen and oxygen atoms in total. The molecule has 2 rings (SSSR count). The van der Waals surface area contributed by atoms with E-state index in [9.17, 15) is 4.79 Å². The first-order chi connectivity index (χ1) is 13.1. The minimum atomic E-state index is -1.91. The summed E-state index contributed by atoms with van der Waals surface area (Å²) in [6, 6.07) is 11.4. The Labute approximate surface area is 192 Å². The normalized spacial score (nSPS) is 12.1. The number of carbonyl (C=O) groups excluding carboxylic acids is 1. The third kappa shape index (κ3) is 6.44. The average molecular weight is 502 g/mol. The number of methoxy groups -OCH3 is 1. The lowest BCUT2D eigenvalue weighted by molar-refractivity contribution is 0.0931. The Morgan fingerprint density at radius 2 is 1.79 bits per heavy atom. The second-order valence-corrected chi connectivity index (χ2v) is 8.99. The van der Waals surface area contributed by atoms with E-state index in [1.165, 1.54) is 7.11 Å². The Morgan fingerprint density at radius 3 is 2.39 bits per heavy atom. The standard InChI is InChI=1S/C17H14Cl5N3O2S/c1-27-13-5-3-2-4-10(13)14(26)24-15(17(20,21)22)25-16(28)23-12-7-6-9(18)8-11(12)19/h2-8,15H,1H3,(H,24,26)(H2,23,25,28). The van der Waals surface area contributed by atoms with Gasteiger partial charge in [-0.25, -0.2) is 0 Å². The molecule has 1 unspecified atom stereocenters. The van der Waals surface area contributed by atoms with Crippen molar-refractivity contribution in [3.63, 3.8) is 0 Å². The number of benzene rings is 2. The molecule has 0 radical (unpaired) electrons. The summed E-state index contributed by atoms with van der Waals surface area (Å²) in [5, 5.41) is 9.07. The smallest absolute Gasteiger partial charge is 0.256 e. The van der Waals surface area contributed by atoms with Gasteiger partial charge in [0.1, 0.15) is 11.9 Å². The number of thiocarbonyl (C=S) groups is 1. The molecule has 0 aliphatic rings. The van der Waals surface area contributed by atoms with Crippen molar-refractivity contribution in [3.05, 3.63) is 58.1 Å². The Balaban J connectivity index is 2.13. The van der Waals surface area contributed by atoms with Crippen LogP contribution >= 0.6 is 70.2 Å². The second kappa shape index (κ2) is 10.1. The number of halogens is 5. The highest BCUT2D eigenvalue weighted by molar-refractivity contribution is 7.80. The lowest BCUT2D eigenvalue weighted by Gasteiger charge is -2.28. The molecular weight excluding hydrogens is 488 g/mol. The summed E-state index contributed by atoms with van der Waals surface area (Å²) >= 11 is 35.2. The van der Waals surface area contributed by atoms with Crippen LogP contribution in [0.5, 0.6) is 5.75 Å². The number of hydrogen-bond acceptors (Lipinski definition) is 3. The maximum absolute atomic E-state index is 12.6. The largest absolute Gasteiger partial charge is 0.496 e. The molecule has 0 bridgehead atoms. The quantitative estimate of drug-likeness (QED) is 0.290. The zero-order valence-corrected chi connectivity index (χ0v) is 18.8. The molecule has 0 saturated carbocycles. The highest BCUT2D eigenvalue weighted by atomic mass is 35.6. The van der Waals surface area contributed by atoms with Gasteiger partial charge in [-0.2, -0.15) is 0 Å². The molecule has 0 aromatic heterocycles. The van der Waals surface area contributed by atoms with Gasteiger partial charge in [0.25, 0.3) is 5.91 Å². The van der Waals surface area contributed by atoms with E-state index in [0.29, 0.717) is 21.5 Å². The fourth-order valence-electron chi connectivity index (χ4n) is 2.12. The van der Waals surface area contributed by atoms with Crippen LogP contribution < -0.4 is 20.7 Å². The number of ether oxygens (including phenoxy) is 1. The maximum Gasteiger partial charge on any atom is 0.256 e. The zero-order chi connectivity index (χ0) is 20.9. The molecule has 0 heterocycles. The van der Waals surface area contributed by atoms with Crippen LogP contribution in [-0.4, -0.2) is 28.1 Å². The van der Waals surface area contributed by atoms with E-state index < -0.39 is 15.9 Å². The van der Waals surface area contributed by atoms with E-state index in [4.69, 9.17) is 75.0 Å². The summed E-state index contributed by atoms with van der Waals surface area (Å²) < 4.78 is 3.26. The Morgan fingerprint density at radius 1 is 1.11 bits per heavy atom. The highest BCUT2D eigenvalue weighted by Crippen LogP contribution is 2.30. The highest BCUT2D eigenvalue weighted by Gasteiger charge is 2.35. The fourth-order valence-corrected chi connectivity index (χ4v) is 3.13. The molecule has 2 aromatic rings. The number of rotatable bonds is 5. The van der Waals surface area contributed by atoms with Gasteiger partial charge in [-0.3, -0.25) is 4.79 Å². The van der Waals surface area contributed by atoms with Crippen molar-refractivity contribution in [3.8, 4) is 5.75 Å². The van der Waals surface area contributed by atoms with Gasteiger partial charge in [-0.15, -0.1) is 0 Å². The van der Waals surface area contributed by atoms with Crippen molar-refractivity contribution < 1.29 is 9.53 Å². The van der Waals surface area contributed by atoms with Gasteiger partial charge >= 0.3 is 0 Å². The SMILES string of the molecule is COc1ccccc1C(=O)NC(NC(=S)Nc1ccc(Cl)cc1Cl)C(Cl)(Cl)Cl. The summed E-state index contributed by atoms with van der Waals surface area (Å²) in [4.78, 5) is 12.6. The summed E-state index contributed by atoms with van der Waals surface area (Å²) in [7, 11) is 1.45. The number of anilines is 1. The van der Waals surface area contributed by atoms with Crippen molar-refractivity contribution in [2.24, 2.45) is 0 Å². The van der Waals surface area contributed by atoms with Crippen molar-refractivity contribution in [1.29, 1.82) is 0 Å². The molecule has 2 aromatic carbocycles. The Hall–Kier alpha value is -1.15. The average Bonchev–Trinajstić information content (AvgIpc) is 2.62. The molecule has 3 N–H and O–H groups in total. The zero-order valence-electron chi connectivity index (χ0n) is 14.2. The van der Waals surface area contributed by atoms with E-state index in [2.05, 4.69) is 16.0 Å². The number of amides is 1. The lowest BCUT2D eigenvalue weighted by atomic mass is 10.2. The van der Waals surface area contributed by atoms with E-state index in [1.54, 1.807) is 42.5 Å². The number of alkyl halides is 3. The van der Waals surface area contributed by atoms with Crippen LogP contribution in [0, 0.1) is 0 Å². The number of para-hydroxylation sites is 1. The molecule has 28 heavy (non-hydrogen) atoms. The first-order valence-electron chi connectivity index (χ1n) is 7.65. The van der Waals surface area contributed by atoms with Crippen LogP contribution in [0.15, 0.2) is 42.5 Å². The molecular formula is C17H14Cl5N3O2S. The molecule has 0 aliphatic heterocycles. The fraction of sp³-hybridized carbons (Fsp3) is 0.176. The van der Waals surface area contributed by atoms with Crippen LogP contribution in [0.3, 0.4) is 0 Å². The van der Waals surface area contributed by atoms with Gasteiger partial charge in [0, 0.05) is 5.02 Å². The predicted molar refractivity (Wildman–Crippen MR) is 120 cm³/mol. The third-order valence-corrected chi connectivity index (χ3v) is 4.83. The van der Waals surface area contributed by atoms with Gasteiger partial charge in [0.05, 0.1) is 23.4 Å². The second-order valence-electron chi connectivity index (χ2n) is 5.37. The van der Waals surface area contributed by atoms with E-state index >= 15 is 0 Å². The monoisotopic (exact) mass is 499 g/mol. The van der Waals surface area contributed by atoms with Gasteiger partial charge in [0.2, 0.25) is 3.79 Å². The number of nitrogens with one attached hydrogen (secondary N) is 3. The van der Waals surface area contributed by atoms with E-state index in [-0.39, 0.29) is 10.7 Å². The molecule has 1 amide bonds. The van der Waals surface area contributed by atoms with Crippen LogP contribution in [0.1, 0.15) is 10.4 Å². The van der Waals surface area contributed by atoms with Crippen molar-refractivity contribution in [2.75, 3.05) is 12.4 Å². The Bertz CT molecular complexity index is 876. The van der Waals surface area contributed by atoms with Crippen LogP contribution in [0.2, 0.25) is 10.0 Å². The molecule has 0 aliphatic carbocycles. The summed E-state index contributed by atoms with van der Waals surface area (Å²) in [5.41, 5.74) is 0.758. The topological polar surface area (TPSA) is 62.4 Å². The summed E-state index contributed by atoms with van der Waals surface area (Å²) in [5.74, 6) is -0.148. The molecule has 0 fully saturated rings. The molecule has 0 saturated heterocycles. The lowest BCUT2D eigenvalue weighted by Crippen LogP contribution is -2.56. The molecule has 150 valence electrons. The minimum Gasteiger partial charge on any atom is -0.496 e. The van der Waals surface area contributed by atoms with Gasteiger partial charge < -0.3 is 20.7 Å². The van der Waals surface area contributed by atoms with Crippen LogP contribution in [0.4, 0.5) is 5.69 Å². The van der Waals surface area contributed by atoms with Crippen LogP contribution in [0.25, 0.3) is 0 Å². The van der Waals surface area contributed by atoms with Crippen molar-refractivity contribution in [2.45, 2.75) is 9.96 Å². The molecule has 1 atom stereocenters. The minimum absolute atomic E-state index is 0.0703. The van der Waals surface area contributed by atoms with Gasteiger partial charge in [0.15, 0.2) is 5.11 Å².